The van der Waals surface area contributed by atoms with Gasteiger partial charge in [0.15, 0.2) is 9.84 Å². The van der Waals surface area contributed by atoms with Gasteiger partial charge in [0.2, 0.25) is 0 Å². The van der Waals surface area contributed by atoms with Gasteiger partial charge in [-0.15, -0.1) is 0 Å². The second kappa shape index (κ2) is 5.96. The first-order chi connectivity index (χ1) is 9.41. The van der Waals surface area contributed by atoms with E-state index in [-0.39, 0.29) is 0 Å². The molecular weight excluding hydrogens is 303 g/mol. The summed E-state index contributed by atoms with van der Waals surface area (Å²) in [6.45, 7) is 5.45. The van der Waals surface area contributed by atoms with Gasteiger partial charge in [0.05, 0.1) is 16.4 Å². The minimum atomic E-state index is -4.40. The summed E-state index contributed by atoms with van der Waals surface area (Å²) >= 11 is 0. The molecule has 0 spiro atoms. The summed E-state index contributed by atoms with van der Waals surface area (Å²) in [4.78, 5) is 0. The Morgan fingerprint density at radius 2 is 1.62 bits per heavy atom. The van der Waals surface area contributed by atoms with Crippen LogP contribution in [0.2, 0.25) is 0 Å². The predicted octanol–water partition coefficient (Wildman–Crippen LogP) is 3.18. The fourth-order valence-electron chi connectivity index (χ4n) is 2.05. The second-order valence-corrected chi connectivity index (χ2v) is 8.08. The van der Waals surface area contributed by atoms with Crippen LogP contribution in [-0.4, -0.2) is 26.0 Å². The normalized spacial score (nSPS) is 15.0. The average Bonchev–Trinajstić information content (AvgIpc) is 2.33. The summed E-state index contributed by atoms with van der Waals surface area (Å²) < 4.78 is 60.5. The second-order valence-electron chi connectivity index (χ2n) is 5.49. The third-order valence-corrected chi connectivity index (χ3v) is 5.78. The summed E-state index contributed by atoms with van der Waals surface area (Å²) in [6, 6.07) is 4.00. The van der Waals surface area contributed by atoms with Crippen LogP contribution in [0.1, 0.15) is 37.9 Å². The van der Waals surface area contributed by atoms with Gasteiger partial charge in [-0.25, -0.2) is 8.42 Å². The smallest absolute Gasteiger partial charge is 0.309 e. The van der Waals surface area contributed by atoms with E-state index >= 15 is 0 Å². The first-order valence-corrected chi connectivity index (χ1v) is 8.40. The summed E-state index contributed by atoms with van der Waals surface area (Å²) in [5.41, 5.74) is -0.237. The van der Waals surface area contributed by atoms with E-state index < -0.39 is 32.4 Å². The summed E-state index contributed by atoms with van der Waals surface area (Å²) in [5.74, 6) is 0. The van der Waals surface area contributed by atoms with Crippen LogP contribution >= 0.6 is 0 Å². The van der Waals surface area contributed by atoms with Gasteiger partial charge in [-0.3, -0.25) is 0 Å². The predicted molar refractivity (Wildman–Crippen MR) is 76.8 cm³/mol. The molecule has 3 nitrogen and oxygen atoms in total. The number of hydrogen-bond acceptors (Lipinski definition) is 3. The molecule has 120 valence electrons. The Hall–Kier alpha value is -1.08. The van der Waals surface area contributed by atoms with E-state index in [0.29, 0.717) is 12.1 Å². The van der Waals surface area contributed by atoms with Crippen molar-refractivity contribution in [2.75, 3.05) is 12.8 Å². The lowest BCUT2D eigenvalue weighted by atomic mass is 9.94. The summed E-state index contributed by atoms with van der Waals surface area (Å²) in [7, 11) is -3.40. The number of sulfone groups is 1. The van der Waals surface area contributed by atoms with Crippen LogP contribution < -0.4 is 5.32 Å². The van der Waals surface area contributed by atoms with Crippen LogP contribution in [0, 0.1) is 0 Å². The first-order valence-electron chi connectivity index (χ1n) is 6.51. The summed E-state index contributed by atoms with van der Waals surface area (Å²) in [6.07, 6.45) is -3.28. The molecule has 0 amide bonds. The molecule has 7 heteroatoms. The fourth-order valence-corrected chi connectivity index (χ4v) is 2.70. The maximum Gasteiger partial charge on any atom is 0.416 e. The molecular formula is C14H20F3NO2S. The molecule has 1 N–H and O–H groups in total. The molecule has 21 heavy (non-hydrogen) atoms. The standard InChI is InChI=1S/C14H20F3NO2S/c1-5-18-12(13(2,3)21(4,19)20)10-6-8-11(9-7-10)14(15,16)17/h6-9,12,18H,5H2,1-4H3. The highest BCUT2D eigenvalue weighted by Gasteiger charge is 2.40. The van der Waals surface area contributed by atoms with E-state index in [9.17, 15) is 21.6 Å². The zero-order valence-electron chi connectivity index (χ0n) is 12.5. The van der Waals surface area contributed by atoms with Crippen molar-refractivity contribution in [3.05, 3.63) is 35.4 Å². The van der Waals surface area contributed by atoms with E-state index in [1.54, 1.807) is 13.8 Å². The number of hydrogen-bond donors (Lipinski definition) is 1. The Balaban J connectivity index is 3.25. The molecule has 1 aromatic rings. The minimum absolute atomic E-state index is 0.505. The van der Waals surface area contributed by atoms with Crippen LogP contribution in [0.3, 0.4) is 0 Å². The Kier molecular flexibility index (Phi) is 5.10. The van der Waals surface area contributed by atoms with Gasteiger partial charge in [-0.05, 0) is 38.1 Å². The topological polar surface area (TPSA) is 46.2 Å². The van der Waals surface area contributed by atoms with Gasteiger partial charge < -0.3 is 5.32 Å². The number of alkyl halides is 3. The molecule has 0 heterocycles. The molecule has 1 unspecified atom stereocenters. The first kappa shape index (κ1) is 18.0. The van der Waals surface area contributed by atoms with E-state index in [1.807, 2.05) is 6.92 Å². The average molecular weight is 323 g/mol. The van der Waals surface area contributed by atoms with Gasteiger partial charge >= 0.3 is 6.18 Å². The van der Waals surface area contributed by atoms with Crippen molar-refractivity contribution < 1.29 is 21.6 Å². The van der Waals surface area contributed by atoms with Gasteiger partial charge in [0, 0.05) is 6.26 Å². The molecule has 0 bridgehead atoms. The van der Waals surface area contributed by atoms with Crippen molar-refractivity contribution in [2.45, 2.75) is 37.7 Å². The SMILES string of the molecule is CCNC(c1ccc(C(F)(F)F)cc1)C(C)(C)S(C)(=O)=O. The zero-order valence-corrected chi connectivity index (χ0v) is 13.3. The van der Waals surface area contributed by atoms with Crippen molar-refractivity contribution >= 4 is 9.84 Å². The van der Waals surface area contributed by atoms with Crippen LogP contribution in [-0.2, 0) is 16.0 Å². The van der Waals surface area contributed by atoms with Crippen molar-refractivity contribution in [3.8, 4) is 0 Å². The number of benzene rings is 1. The van der Waals surface area contributed by atoms with E-state index in [2.05, 4.69) is 5.32 Å². The highest BCUT2D eigenvalue weighted by molar-refractivity contribution is 7.92. The van der Waals surface area contributed by atoms with Gasteiger partial charge in [-0.1, -0.05) is 19.1 Å². The lowest BCUT2D eigenvalue weighted by Gasteiger charge is -2.33. The van der Waals surface area contributed by atoms with Crippen LogP contribution in [0.25, 0.3) is 0 Å². The monoisotopic (exact) mass is 323 g/mol. The quantitative estimate of drug-likeness (QED) is 0.905. The number of nitrogens with one attached hydrogen (secondary N) is 1. The minimum Gasteiger partial charge on any atom is -0.309 e. The van der Waals surface area contributed by atoms with Gasteiger partial charge in [-0.2, -0.15) is 13.2 Å². The Labute approximate surface area is 123 Å². The Morgan fingerprint density at radius 1 is 1.14 bits per heavy atom. The number of rotatable bonds is 5. The third kappa shape index (κ3) is 3.97. The molecule has 0 fully saturated rings. The van der Waals surface area contributed by atoms with Gasteiger partial charge in [0.1, 0.15) is 0 Å². The maximum absolute atomic E-state index is 12.6. The number of halogens is 3. The van der Waals surface area contributed by atoms with E-state index in [1.165, 1.54) is 12.1 Å². The van der Waals surface area contributed by atoms with Crippen LogP contribution in [0.4, 0.5) is 13.2 Å². The van der Waals surface area contributed by atoms with Crippen LogP contribution in [0.5, 0.6) is 0 Å². The molecule has 1 rings (SSSR count). The lowest BCUT2D eigenvalue weighted by Crippen LogP contribution is -2.45. The summed E-state index contributed by atoms with van der Waals surface area (Å²) in [5, 5.41) is 3.04. The fraction of sp³-hybridized carbons (Fsp3) is 0.571. The van der Waals surface area contributed by atoms with Crippen molar-refractivity contribution in [3.63, 3.8) is 0 Å². The highest BCUT2D eigenvalue weighted by Crippen LogP contribution is 2.34. The molecule has 0 aliphatic rings. The molecule has 0 aliphatic heterocycles. The zero-order chi connectivity index (χ0) is 16.5. The largest absolute Gasteiger partial charge is 0.416 e. The van der Waals surface area contributed by atoms with Crippen molar-refractivity contribution in [2.24, 2.45) is 0 Å². The third-order valence-electron chi connectivity index (χ3n) is 3.63. The Bertz CT molecular complexity index is 577. The molecule has 0 aromatic heterocycles. The van der Waals surface area contributed by atoms with E-state index in [0.717, 1.165) is 18.4 Å². The molecule has 0 aliphatic carbocycles. The lowest BCUT2D eigenvalue weighted by molar-refractivity contribution is -0.137. The molecule has 1 aromatic carbocycles. The molecule has 1 atom stereocenters. The highest BCUT2D eigenvalue weighted by atomic mass is 32.2. The Morgan fingerprint density at radius 3 is 1.95 bits per heavy atom. The van der Waals surface area contributed by atoms with Gasteiger partial charge in [0.25, 0.3) is 0 Å². The van der Waals surface area contributed by atoms with Crippen molar-refractivity contribution in [1.29, 1.82) is 0 Å². The molecule has 0 radical (unpaired) electrons. The molecule has 0 saturated carbocycles. The van der Waals surface area contributed by atoms with E-state index in [4.69, 9.17) is 0 Å². The maximum atomic E-state index is 12.6. The molecule has 0 saturated heterocycles. The van der Waals surface area contributed by atoms with Crippen LogP contribution in [0.15, 0.2) is 24.3 Å². The van der Waals surface area contributed by atoms with Crippen molar-refractivity contribution in [1.82, 2.24) is 5.32 Å².